The van der Waals surface area contributed by atoms with Crippen molar-refractivity contribution in [2.45, 2.75) is 49.9 Å². The first-order chi connectivity index (χ1) is 20.9. The van der Waals surface area contributed by atoms with E-state index in [0.29, 0.717) is 59.2 Å². The molecule has 5 rings (SSSR count). The van der Waals surface area contributed by atoms with Crippen molar-refractivity contribution in [3.8, 4) is 17.1 Å². The van der Waals surface area contributed by atoms with Crippen LogP contribution in [0, 0.1) is 0 Å². The Morgan fingerprint density at radius 3 is 2.45 bits per heavy atom. The van der Waals surface area contributed by atoms with Gasteiger partial charge in [-0.05, 0) is 56.3 Å². The van der Waals surface area contributed by atoms with Gasteiger partial charge in [0.2, 0.25) is 15.8 Å². The molecule has 0 radical (unpaired) electrons. The summed E-state index contributed by atoms with van der Waals surface area (Å²) in [5.41, 5.74) is 1.58. The Bertz CT molecular complexity index is 1790. The zero-order valence-corrected chi connectivity index (χ0v) is 24.1. The number of morpholine rings is 1. The van der Waals surface area contributed by atoms with Crippen LogP contribution in [0.25, 0.3) is 22.3 Å². The van der Waals surface area contributed by atoms with Crippen molar-refractivity contribution in [1.82, 2.24) is 25.3 Å². The van der Waals surface area contributed by atoms with E-state index >= 15 is 0 Å². The predicted molar refractivity (Wildman–Crippen MR) is 150 cm³/mol. The van der Waals surface area contributed by atoms with Crippen molar-refractivity contribution in [3.05, 3.63) is 66.1 Å². The maximum absolute atomic E-state index is 13.1. The number of amides is 1. The number of nitrogens with one attached hydrogen (secondary N) is 1. The van der Waals surface area contributed by atoms with E-state index in [2.05, 4.69) is 24.9 Å². The molecule has 1 fully saturated rings. The van der Waals surface area contributed by atoms with Gasteiger partial charge < -0.3 is 19.7 Å². The number of anilines is 1. The molecule has 11 nitrogen and oxygen atoms in total. The topological polar surface area (TPSA) is 136 Å². The van der Waals surface area contributed by atoms with Crippen molar-refractivity contribution in [2.75, 3.05) is 18.0 Å². The monoisotopic (exact) mass is 634 g/mol. The largest absolute Gasteiger partial charge is 0.435 e. The number of carbonyl (C=O) groups is 1. The van der Waals surface area contributed by atoms with Gasteiger partial charge in [0.15, 0.2) is 0 Å². The third-order valence-corrected chi connectivity index (χ3v) is 7.96. The second kappa shape index (κ2) is 12.7. The summed E-state index contributed by atoms with van der Waals surface area (Å²) in [6.45, 7) is 1.70. The highest BCUT2D eigenvalue weighted by molar-refractivity contribution is 7.91. The van der Waals surface area contributed by atoms with Crippen LogP contribution in [0.2, 0.25) is 0 Å². The van der Waals surface area contributed by atoms with E-state index in [1.165, 1.54) is 0 Å². The number of carbonyl (C=O) groups excluding carboxylic acids is 1. The lowest BCUT2D eigenvalue weighted by Gasteiger charge is -2.35. The molecule has 1 aliphatic heterocycles. The van der Waals surface area contributed by atoms with Gasteiger partial charge in [0, 0.05) is 36.4 Å². The highest BCUT2D eigenvalue weighted by Gasteiger charge is 2.29. The van der Waals surface area contributed by atoms with E-state index < -0.39 is 44.3 Å². The van der Waals surface area contributed by atoms with E-state index in [4.69, 9.17) is 14.7 Å². The molecule has 0 spiro atoms. The number of rotatable bonds is 9. The molecule has 0 saturated carbocycles. The highest BCUT2D eigenvalue weighted by atomic mass is 32.2. The molecule has 1 aromatic carbocycles. The number of nitrogens with zero attached hydrogens (tertiary/aromatic N) is 5. The molecule has 0 bridgehead atoms. The lowest BCUT2D eigenvalue weighted by Crippen LogP contribution is -2.46. The zero-order chi connectivity index (χ0) is 31.6. The van der Waals surface area contributed by atoms with Crippen molar-refractivity contribution in [1.29, 1.82) is 0 Å². The minimum atomic E-state index is -5.20. The van der Waals surface area contributed by atoms with E-state index in [1.54, 1.807) is 30.6 Å². The van der Waals surface area contributed by atoms with Crippen LogP contribution in [0.3, 0.4) is 0 Å². The molecular weight excluding hydrogens is 608 g/mol. The normalized spacial score (nSPS) is 17.3. The summed E-state index contributed by atoms with van der Waals surface area (Å²) in [7, 11) is -5.20. The first-order valence-electron chi connectivity index (χ1n) is 13.3. The minimum absolute atomic E-state index is 0.0267. The molecule has 0 unspecified atom stereocenters. The average molecular weight is 635 g/mol. The van der Waals surface area contributed by atoms with Crippen molar-refractivity contribution in [2.24, 2.45) is 0 Å². The van der Waals surface area contributed by atoms with Gasteiger partial charge in [-0.25, -0.2) is 23.4 Å². The molecule has 4 heterocycles. The van der Waals surface area contributed by atoms with Crippen LogP contribution in [0.15, 0.2) is 59.8 Å². The van der Waals surface area contributed by atoms with Gasteiger partial charge in [-0.15, -0.1) is 0 Å². The fourth-order valence-corrected chi connectivity index (χ4v) is 5.47. The number of benzene rings is 1. The van der Waals surface area contributed by atoms with Crippen molar-refractivity contribution in [3.63, 3.8) is 0 Å². The number of fused-ring (bicyclic) bond motifs is 1. The number of ether oxygens (including phenoxy) is 2. The number of alkyl halides is 4. The number of halogens is 4. The van der Waals surface area contributed by atoms with Gasteiger partial charge in [0.25, 0.3) is 5.91 Å². The van der Waals surface area contributed by atoms with Crippen LogP contribution >= 0.6 is 0 Å². The summed E-state index contributed by atoms with van der Waals surface area (Å²) in [4.78, 5) is 31.9. The lowest BCUT2D eigenvalue weighted by molar-refractivity contribution is -0.0500. The third kappa shape index (κ3) is 7.02. The zero-order valence-electron chi connectivity index (χ0n) is 23.3. The summed E-state index contributed by atoms with van der Waals surface area (Å²) in [6.07, 6.45) is 3.25. The Labute approximate surface area is 249 Å². The molecule has 3 aromatic heterocycles. The number of hydrogen-bond acceptors (Lipinski definition) is 10. The maximum atomic E-state index is 13.1. The molecule has 1 amide bonds. The van der Waals surface area contributed by atoms with E-state index in [1.807, 2.05) is 19.9 Å². The number of hydrogen-bond donors (Lipinski definition) is 1. The van der Waals surface area contributed by atoms with Crippen LogP contribution in [0.1, 0.15) is 29.9 Å². The second-order valence-electron chi connectivity index (χ2n) is 10.0. The molecule has 2 atom stereocenters. The smallest absolute Gasteiger partial charge is 0.387 e. The molecule has 44 heavy (non-hydrogen) atoms. The Morgan fingerprint density at radius 1 is 1.02 bits per heavy atom. The maximum Gasteiger partial charge on any atom is 0.387 e. The summed E-state index contributed by atoms with van der Waals surface area (Å²) >= 11 is 0. The van der Waals surface area contributed by atoms with Crippen LogP contribution in [0.4, 0.5) is 23.5 Å². The predicted octanol–water partition coefficient (Wildman–Crippen LogP) is 4.23. The summed E-state index contributed by atoms with van der Waals surface area (Å²) < 4.78 is 85.5. The lowest BCUT2D eigenvalue weighted by atomic mass is 10.2. The SMILES string of the molecule is C[C@@H]1CN(c2nccc(-c3ccc4cnc(CNC(=O)c5cc(OC(F)F)cc(S(=O)(=O)C(F)F)c5)cc4n3)n2)C[C@H](C)O1. The minimum Gasteiger partial charge on any atom is -0.435 e. The summed E-state index contributed by atoms with van der Waals surface area (Å²) in [5.74, 6) is -4.98. The standard InChI is InChI=1S/C28H26F4N6O5S/c1-15-13-38(14-16(2)42-15)28-33-6-5-23(37-28)22-4-3-17-11-34-19(9-24(17)36-22)12-35-25(39)18-7-20(43-26(29)30)10-21(8-18)44(40,41)27(31)32/h3-11,15-16,26-27H,12-14H2,1-2H3,(H,35,39)/t15-,16+. The number of pyridine rings is 2. The molecule has 0 aliphatic carbocycles. The molecule has 16 heteroatoms. The number of aromatic nitrogens is 4. The fraction of sp³-hybridized carbons (Fsp3) is 0.321. The average Bonchev–Trinajstić information content (AvgIpc) is 2.98. The van der Waals surface area contributed by atoms with E-state index in [-0.39, 0.29) is 18.8 Å². The Hall–Kier alpha value is -4.44. The molecular formula is C28H26F4N6O5S. The Morgan fingerprint density at radius 2 is 1.75 bits per heavy atom. The van der Waals surface area contributed by atoms with Crippen LogP contribution < -0.4 is 15.0 Å². The van der Waals surface area contributed by atoms with Gasteiger partial charge in [-0.1, -0.05) is 0 Å². The molecule has 232 valence electrons. The quantitative estimate of drug-likeness (QED) is 0.267. The van der Waals surface area contributed by atoms with E-state index in [9.17, 15) is 30.8 Å². The number of sulfone groups is 1. The second-order valence-corrected chi connectivity index (χ2v) is 11.9. The Kier molecular flexibility index (Phi) is 8.92. The van der Waals surface area contributed by atoms with Crippen molar-refractivity contribution >= 4 is 32.6 Å². The summed E-state index contributed by atoms with van der Waals surface area (Å²) in [6, 6.07) is 8.94. The van der Waals surface area contributed by atoms with Crippen LogP contribution in [0.5, 0.6) is 5.75 Å². The molecule has 1 aliphatic rings. The molecule has 1 saturated heterocycles. The fourth-order valence-electron chi connectivity index (χ4n) is 4.70. The van der Waals surface area contributed by atoms with E-state index in [0.717, 1.165) is 6.07 Å². The molecule has 4 aromatic rings. The van der Waals surface area contributed by atoms with Gasteiger partial charge in [0.1, 0.15) is 5.75 Å². The highest BCUT2D eigenvalue weighted by Crippen LogP contribution is 2.27. The van der Waals surface area contributed by atoms with Gasteiger partial charge in [0.05, 0.1) is 46.2 Å². The van der Waals surface area contributed by atoms with Crippen LogP contribution in [-0.2, 0) is 21.1 Å². The Balaban J connectivity index is 1.35. The van der Waals surface area contributed by atoms with Crippen LogP contribution in [-0.4, -0.2) is 71.9 Å². The molecule has 1 N–H and O–H groups in total. The van der Waals surface area contributed by atoms with Gasteiger partial charge in [-0.2, -0.15) is 17.6 Å². The van der Waals surface area contributed by atoms with Crippen molar-refractivity contribution < 1.29 is 40.2 Å². The first kappa shape index (κ1) is 31.0. The third-order valence-electron chi connectivity index (χ3n) is 6.60. The first-order valence-corrected chi connectivity index (χ1v) is 14.8. The summed E-state index contributed by atoms with van der Waals surface area (Å²) in [5, 5.41) is 3.18. The van der Waals surface area contributed by atoms with Gasteiger partial charge >= 0.3 is 12.4 Å². The van der Waals surface area contributed by atoms with Gasteiger partial charge in [-0.3, -0.25) is 9.78 Å².